The van der Waals surface area contributed by atoms with Crippen molar-refractivity contribution in [3.63, 3.8) is 0 Å². The van der Waals surface area contributed by atoms with Gasteiger partial charge in [0.1, 0.15) is 0 Å². The summed E-state index contributed by atoms with van der Waals surface area (Å²) in [5.41, 5.74) is 2.49. The van der Waals surface area contributed by atoms with Crippen LogP contribution in [0.25, 0.3) is 0 Å². The van der Waals surface area contributed by atoms with Crippen molar-refractivity contribution in [2.75, 3.05) is 25.1 Å². The molecule has 1 aromatic carbocycles. The Balaban J connectivity index is 1.79. The van der Waals surface area contributed by atoms with Crippen LogP contribution in [0.5, 0.6) is 0 Å². The molecule has 1 fully saturated rings. The summed E-state index contributed by atoms with van der Waals surface area (Å²) in [7, 11) is 0. The monoisotopic (exact) mass is 234 g/mol. The first-order valence-electron chi connectivity index (χ1n) is 6.38. The van der Waals surface area contributed by atoms with Gasteiger partial charge in [0, 0.05) is 24.3 Å². The molecule has 3 heteroatoms. The molecule has 1 aromatic rings. The predicted octanol–water partition coefficient (Wildman–Crippen LogP) is 2.17. The Morgan fingerprint density at radius 3 is 2.82 bits per heavy atom. The second-order valence-corrected chi connectivity index (χ2v) is 4.87. The highest BCUT2D eigenvalue weighted by Gasteiger charge is 2.15. The van der Waals surface area contributed by atoms with Crippen molar-refractivity contribution < 1.29 is 4.74 Å². The Hall–Kier alpha value is -1.06. The van der Waals surface area contributed by atoms with Gasteiger partial charge in [0.15, 0.2) is 0 Å². The maximum Gasteiger partial charge on any atom is 0.0621 e. The third kappa shape index (κ3) is 4.02. The fraction of sp³-hybridized carbons (Fsp3) is 0.571. The van der Waals surface area contributed by atoms with Crippen LogP contribution >= 0.6 is 0 Å². The van der Waals surface area contributed by atoms with E-state index >= 15 is 0 Å². The van der Waals surface area contributed by atoms with Crippen LogP contribution in [0.1, 0.15) is 18.9 Å². The lowest BCUT2D eigenvalue weighted by atomic mass is 10.1. The van der Waals surface area contributed by atoms with E-state index < -0.39 is 0 Å². The van der Waals surface area contributed by atoms with Crippen LogP contribution in [-0.2, 0) is 4.74 Å². The first-order valence-corrected chi connectivity index (χ1v) is 6.38. The minimum atomic E-state index is 0.455. The zero-order valence-electron chi connectivity index (χ0n) is 10.7. The number of ether oxygens (including phenoxy) is 1. The summed E-state index contributed by atoms with van der Waals surface area (Å²) >= 11 is 0. The van der Waals surface area contributed by atoms with Gasteiger partial charge < -0.3 is 15.4 Å². The topological polar surface area (TPSA) is 33.3 Å². The summed E-state index contributed by atoms with van der Waals surface area (Å²) in [6.45, 7) is 6.98. The predicted molar refractivity (Wildman–Crippen MR) is 71.5 cm³/mol. The summed E-state index contributed by atoms with van der Waals surface area (Å²) in [6.07, 6.45) is 1.09. The van der Waals surface area contributed by atoms with Crippen molar-refractivity contribution in [2.45, 2.75) is 32.4 Å². The van der Waals surface area contributed by atoms with E-state index in [0.29, 0.717) is 12.1 Å². The third-order valence-electron chi connectivity index (χ3n) is 3.10. The first kappa shape index (κ1) is 12.4. The van der Waals surface area contributed by atoms with Gasteiger partial charge in [-0.1, -0.05) is 17.7 Å². The van der Waals surface area contributed by atoms with Crippen molar-refractivity contribution in [1.82, 2.24) is 5.32 Å². The molecule has 1 saturated heterocycles. The lowest BCUT2D eigenvalue weighted by Gasteiger charge is -2.27. The maximum absolute atomic E-state index is 5.46. The Morgan fingerprint density at radius 1 is 1.41 bits per heavy atom. The van der Waals surface area contributed by atoms with Crippen molar-refractivity contribution in [3.8, 4) is 0 Å². The van der Waals surface area contributed by atoms with E-state index in [-0.39, 0.29) is 0 Å². The molecule has 0 amide bonds. The highest BCUT2D eigenvalue weighted by atomic mass is 16.5. The van der Waals surface area contributed by atoms with E-state index in [2.05, 4.69) is 48.7 Å². The quantitative estimate of drug-likeness (QED) is 0.837. The maximum atomic E-state index is 5.46. The molecular weight excluding hydrogens is 212 g/mol. The summed E-state index contributed by atoms with van der Waals surface area (Å²) < 4.78 is 5.46. The fourth-order valence-electron chi connectivity index (χ4n) is 2.19. The number of anilines is 1. The number of aryl methyl sites for hydroxylation is 1. The largest absolute Gasteiger partial charge is 0.383 e. The van der Waals surface area contributed by atoms with Crippen LogP contribution in [0, 0.1) is 6.92 Å². The standard InChI is InChI=1S/C14H22N2O/c1-11-3-5-13(6-4-11)16-12(2)9-14-10-17-8-7-15-14/h3-6,12,14-16H,7-10H2,1-2H3. The third-order valence-corrected chi connectivity index (χ3v) is 3.10. The Kier molecular flexibility index (Phi) is 4.40. The second kappa shape index (κ2) is 6.03. The molecule has 1 aliphatic rings. The second-order valence-electron chi connectivity index (χ2n) is 4.87. The molecule has 94 valence electrons. The smallest absolute Gasteiger partial charge is 0.0621 e. The van der Waals surface area contributed by atoms with Crippen LogP contribution in [0.4, 0.5) is 5.69 Å². The number of rotatable bonds is 4. The molecule has 0 saturated carbocycles. The number of benzene rings is 1. The van der Waals surface area contributed by atoms with Crippen molar-refractivity contribution in [2.24, 2.45) is 0 Å². The SMILES string of the molecule is Cc1ccc(NC(C)CC2COCCN2)cc1. The van der Waals surface area contributed by atoms with Crippen LogP contribution in [0.15, 0.2) is 24.3 Å². The number of morpholine rings is 1. The summed E-state index contributed by atoms with van der Waals surface area (Å²) in [5.74, 6) is 0. The normalized spacial score (nSPS) is 22.1. The van der Waals surface area contributed by atoms with Crippen LogP contribution in [0.2, 0.25) is 0 Å². The highest BCUT2D eigenvalue weighted by Crippen LogP contribution is 2.12. The van der Waals surface area contributed by atoms with Gasteiger partial charge in [-0.15, -0.1) is 0 Å². The Bertz CT molecular complexity index is 331. The molecule has 3 nitrogen and oxygen atoms in total. The lowest BCUT2D eigenvalue weighted by Crippen LogP contribution is -2.43. The average molecular weight is 234 g/mol. The number of hydrogen-bond acceptors (Lipinski definition) is 3. The van der Waals surface area contributed by atoms with Crippen LogP contribution in [0.3, 0.4) is 0 Å². The minimum Gasteiger partial charge on any atom is -0.383 e. The molecule has 0 aromatic heterocycles. The van der Waals surface area contributed by atoms with E-state index in [1.807, 2.05) is 0 Å². The first-order chi connectivity index (χ1) is 8.24. The van der Waals surface area contributed by atoms with Gasteiger partial charge in [0.2, 0.25) is 0 Å². The molecule has 0 spiro atoms. The molecule has 0 bridgehead atoms. The molecule has 2 unspecified atom stereocenters. The zero-order chi connectivity index (χ0) is 12.1. The van der Waals surface area contributed by atoms with E-state index in [4.69, 9.17) is 4.74 Å². The Labute approximate surface area is 104 Å². The summed E-state index contributed by atoms with van der Waals surface area (Å²) in [4.78, 5) is 0. The van der Waals surface area contributed by atoms with E-state index in [1.54, 1.807) is 0 Å². The van der Waals surface area contributed by atoms with E-state index in [0.717, 1.165) is 26.2 Å². The lowest BCUT2D eigenvalue weighted by molar-refractivity contribution is 0.0731. The molecule has 0 aliphatic carbocycles. The summed E-state index contributed by atoms with van der Waals surface area (Å²) in [5, 5.41) is 7.00. The zero-order valence-corrected chi connectivity index (χ0v) is 10.7. The molecule has 1 aliphatic heterocycles. The number of nitrogens with one attached hydrogen (secondary N) is 2. The van der Waals surface area contributed by atoms with Gasteiger partial charge >= 0.3 is 0 Å². The molecule has 2 atom stereocenters. The van der Waals surface area contributed by atoms with Crippen molar-refractivity contribution >= 4 is 5.69 Å². The van der Waals surface area contributed by atoms with Gasteiger partial charge in [-0.05, 0) is 32.4 Å². The van der Waals surface area contributed by atoms with Gasteiger partial charge in [-0.3, -0.25) is 0 Å². The molecule has 1 heterocycles. The van der Waals surface area contributed by atoms with Gasteiger partial charge in [0.05, 0.1) is 13.2 Å². The van der Waals surface area contributed by atoms with Crippen LogP contribution in [-0.4, -0.2) is 31.8 Å². The van der Waals surface area contributed by atoms with Gasteiger partial charge in [0.25, 0.3) is 0 Å². The molecular formula is C14H22N2O. The van der Waals surface area contributed by atoms with Crippen molar-refractivity contribution in [1.29, 1.82) is 0 Å². The van der Waals surface area contributed by atoms with Crippen LogP contribution < -0.4 is 10.6 Å². The Morgan fingerprint density at radius 2 is 2.18 bits per heavy atom. The van der Waals surface area contributed by atoms with Crippen molar-refractivity contribution in [3.05, 3.63) is 29.8 Å². The van der Waals surface area contributed by atoms with E-state index in [1.165, 1.54) is 11.3 Å². The van der Waals surface area contributed by atoms with Gasteiger partial charge in [-0.25, -0.2) is 0 Å². The molecule has 17 heavy (non-hydrogen) atoms. The molecule has 0 radical (unpaired) electrons. The summed E-state index contributed by atoms with van der Waals surface area (Å²) in [6, 6.07) is 9.48. The molecule has 2 N–H and O–H groups in total. The number of hydrogen-bond donors (Lipinski definition) is 2. The highest BCUT2D eigenvalue weighted by molar-refractivity contribution is 5.45. The average Bonchev–Trinajstić information content (AvgIpc) is 2.33. The van der Waals surface area contributed by atoms with Gasteiger partial charge in [-0.2, -0.15) is 0 Å². The fourth-order valence-corrected chi connectivity index (χ4v) is 2.19. The minimum absolute atomic E-state index is 0.455. The van der Waals surface area contributed by atoms with E-state index in [9.17, 15) is 0 Å². The molecule has 2 rings (SSSR count).